The van der Waals surface area contributed by atoms with Crippen molar-refractivity contribution in [1.82, 2.24) is 15.1 Å². The van der Waals surface area contributed by atoms with E-state index in [1.807, 2.05) is 11.6 Å². The molecule has 0 fully saturated rings. The molecule has 116 valence electrons. The van der Waals surface area contributed by atoms with E-state index in [4.69, 9.17) is 21.1 Å². The SMILES string of the molecule is CCNC(c1c(Cl)cnn1CCOC)C(C)(C)OCC. The van der Waals surface area contributed by atoms with E-state index in [1.165, 1.54) is 0 Å². The van der Waals surface area contributed by atoms with Gasteiger partial charge in [0.05, 0.1) is 41.7 Å². The van der Waals surface area contributed by atoms with Crippen molar-refractivity contribution in [3.63, 3.8) is 0 Å². The van der Waals surface area contributed by atoms with Crippen molar-refractivity contribution in [2.24, 2.45) is 0 Å². The van der Waals surface area contributed by atoms with Gasteiger partial charge in [-0.15, -0.1) is 0 Å². The van der Waals surface area contributed by atoms with Crippen LogP contribution in [0.1, 0.15) is 39.4 Å². The number of aromatic nitrogens is 2. The van der Waals surface area contributed by atoms with Crippen molar-refractivity contribution in [2.75, 3.05) is 26.9 Å². The van der Waals surface area contributed by atoms with E-state index < -0.39 is 0 Å². The zero-order chi connectivity index (χ0) is 15.2. The molecular formula is C14H26ClN3O2. The fraction of sp³-hybridized carbons (Fsp3) is 0.786. The van der Waals surface area contributed by atoms with E-state index in [-0.39, 0.29) is 11.6 Å². The number of likely N-dealkylation sites (N-methyl/N-ethyl adjacent to an activating group) is 1. The predicted molar refractivity (Wildman–Crippen MR) is 81.2 cm³/mol. The Bertz CT molecular complexity index is 407. The van der Waals surface area contributed by atoms with Gasteiger partial charge in [-0.25, -0.2) is 0 Å². The van der Waals surface area contributed by atoms with Gasteiger partial charge in [-0.05, 0) is 27.3 Å². The maximum absolute atomic E-state index is 6.34. The number of hydrogen-bond acceptors (Lipinski definition) is 4. The Morgan fingerprint density at radius 3 is 2.70 bits per heavy atom. The summed E-state index contributed by atoms with van der Waals surface area (Å²) < 4.78 is 12.9. The number of nitrogens with zero attached hydrogens (tertiary/aromatic N) is 2. The third-order valence-electron chi connectivity index (χ3n) is 3.23. The molecule has 0 saturated heterocycles. The van der Waals surface area contributed by atoms with Crippen LogP contribution >= 0.6 is 11.6 Å². The second-order valence-corrected chi connectivity index (χ2v) is 5.53. The van der Waals surface area contributed by atoms with Crippen molar-refractivity contribution in [3.05, 3.63) is 16.9 Å². The van der Waals surface area contributed by atoms with E-state index in [1.54, 1.807) is 13.3 Å². The fourth-order valence-electron chi connectivity index (χ4n) is 2.35. The molecule has 0 radical (unpaired) electrons. The van der Waals surface area contributed by atoms with Crippen molar-refractivity contribution in [2.45, 2.75) is 45.9 Å². The van der Waals surface area contributed by atoms with Gasteiger partial charge in [0, 0.05) is 13.7 Å². The molecule has 1 atom stereocenters. The molecule has 1 rings (SSSR count). The Labute approximate surface area is 126 Å². The van der Waals surface area contributed by atoms with Crippen molar-refractivity contribution in [3.8, 4) is 0 Å². The smallest absolute Gasteiger partial charge is 0.0836 e. The molecule has 20 heavy (non-hydrogen) atoms. The minimum Gasteiger partial charge on any atom is -0.383 e. The molecule has 0 aliphatic carbocycles. The van der Waals surface area contributed by atoms with Gasteiger partial charge in [0.25, 0.3) is 0 Å². The molecule has 0 aromatic carbocycles. The largest absolute Gasteiger partial charge is 0.383 e. The zero-order valence-corrected chi connectivity index (χ0v) is 13.8. The van der Waals surface area contributed by atoms with Crippen LogP contribution in [0.15, 0.2) is 6.20 Å². The van der Waals surface area contributed by atoms with Gasteiger partial charge in [-0.1, -0.05) is 18.5 Å². The molecule has 0 bridgehead atoms. The third-order valence-corrected chi connectivity index (χ3v) is 3.52. The average molecular weight is 304 g/mol. The molecule has 0 aliphatic heterocycles. The van der Waals surface area contributed by atoms with Crippen LogP contribution in [0, 0.1) is 0 Å². The Kier molecular flexibility index (Phi) is 6.95. The normalized spacial score (nSPS) is 13.7. The number of methoxy groups -OCH3 is 1. The van der Waals surface area contributed by atoms with E-state index in [0.29, 0.717) is 24.8 Å². The first-order valence-corrected chi connectivity index (χ1v) is 7.43. The summed E-state index contributed by atoms with van der Waals surface area (Å²) in [4.78, 5) is 0. The quantitative estimate of drug-likeness (QED) is 0.762. The molecule has 1 N–H and O–H groups in total. The van der Waals surface area contributed by atoms with Crippen molar-refractivity contribution in [1.29, 1.82) is 0 Å². The highest BCUT2D eigenvalue weighted by atomic mass is 35.5. The molecule has 0 aliphatic rings. The third kappa shape index (κ3) is 4.19. The number of halogens is 1. The maximum atomic E-state index is 6.34. The Balaban J connectivity index is 3.10. The number of rotatable bonds is 9. The van der Waals surface area contributed by atoms with Crippen molar-refractivity contribution >= 4 is 11.6 Å². The lowest BCUT2D eigenvalue weighted by Gasteiger charge is -2.35. The summed E-state index contributed by atoms with van der Waals surface area (Å²) in [6.07, 6.45) is 1.68. The summed E-state index contributed by atoms with van der Waals surface area (Å²) in [6.45, 7) is 10.9. The topological polar surface area (TPSA) is 48.3 Å². The highest BCUT2D eigenvalue weighted by Gasteiger charge is 2.34. The number of ether oxygens (including phenoxy) is 2. The average Bonchev–Trinajstić information content (AvgIpc) is 2.74. The van der Waals surface area contributed by atoms with Crippen LogP contribution in [0.3, 0.4) is 0 Å². The second kappa shape index (κ2) is 7.98. The molecule has 5 nitrogen and oxygen atoms in total. The van der Waals surface area contributed by atoms with E-state index in [0.717, 1.165) is 12.2 Å². The van der Waals surface area contributed by atoms with Gasteiger partial charge in [0.15, 0.2) is 0 Å². The second-order valence-electron chi connectivity index (χ2n) is 5.12. The fourth-order valence-corrected chi connectivity index (χ4v) is 2.60. The van der Waals surface area contributed by atoms with Crippen LogP contribution in [-0.4, -0.2) is 42.2 Å². The van der Waals surface area contributed by atoms with Crippen LogP contribution in [0.2, 0.25) is 5.02 Å². The van der Waals surface area contributed by atoms with E-state index >= 15 is 0 Å². The highest BCUT2D eigenvalue weighted by molar-refractivity contribution is 6.31. The minimum absolute atomic E-state index is 0.0284. The Morgan fingerprint density at radius 2 is 2.15 bits per heavy atom. The minimum atomic E-state index is -0.376. The summed E-state index contributed by atoms with van der Waals surface area (Å²) in [5.41, 5.74) is 0.572. The summed E-state index contributed by atoms with van der Waals surface area (Å²) in [7, 11) is 1.68. The molecule has 1 unspecified atom stereocenters. The lowest BCUT2D eigenvalue weighted by molar-refractivity contribution is -0.0410. The van der Waals surface area contributed by atoms with E-state index in [2.05, 4.69) is 31.2 Å². The van der Waals surface area contributed by atoms with Crippen LogP contribution in [0.5, 0.6) is 0 Å². The van der Waals surface area contributed by atoms with Gasteiger partial charge in [0.1, 0.15) is 0 Å². The van der Waals surface area contributed by atoms with Gasteiger partial charge in [0.2, 0.25) is 0 Å². The Morgan fingerprint density at radius 1 is 1.45 bits per heavy atom. The van der Waals surface area contributed by atoms with Crippen LogP contribution in [-0.2, 0) is 16.0 Å². The van der Waals surface area contributed by atoms with Gasteiger partial charge in [-0.2, -0.15) is 5.10 Å². The maximum Gasteiger partial charge on any atom is 0.0836 e. The molecule has 0 spiro atoms. The first-order chi connectivity index (χ1) is 9.47. The summed E-state index contributed by atoms with van der Waals surface area (Å²) in [5, 5.41) is 8.45. The standard InChI is InChI=1S/C14H26ClN3O2/c1-6-16-13(14(3,4)20-7-2)12-11(15)10-17-18(12)8-9-19-5/h10,13,16H,6-9H2,1-5H3. The molecular weight excluding hydrogens is 278 g/mol. The number of hydrogen-bond donors (Lipinski definition) is 1. The van der Waals surface area contributed by atoms with Gasteiger partial charge >= 0.3 is 0 Å². The Hall–Kier alpha value is -0.620. The number of nitrogens with one attached hydrogen (secondary N) is 1. The summed E-state index contributed by atoms with van der Waals surface area (Å²) >= 11 is 6.34. The monoisotopic (exact) mass is 303 g/mol. The molecule has 6 heteroatoms. The first kappa shape index (κ1) is 17.4. The lowest BCUT2D eigenvalue weighted by atomic mass is 9.95. The molecule has 1 heterocycles. The van der Waals surface area contributed by atoms with Gasteiger partial charge in [-0.3, -0.25) is 4.68 Å². The molecule has 1 aromatic heterocycles. The predicted octanol–water partition coefficient (Wildman–Crippen LogP) is 2.65. The van der Waals surface area contributed by atoms with Crippen LogP contribution < -0.4 is 5.32 Å². The summed E-state index contributed by atoms with van der Waals surface area (Å²) in [6, 6.07) is -0.0284. The summed E-state index contributed by atoms with van der Waals surface area (Å²) in [5.74, 6) is 0. The van der Waals surface area contributed by atoms with Crippen LogP contribution in [0.4, 0.5) is 0 Å². The van der Waals surface area contributed by atoms with Gasteiger partial charge < -0.3 is 14.8 Å². The first-order valence-electron chi connectivity index (χ1n) is 7.05. The zero-order valence-electron chi connectivity index (χ0n) is 13.1. The molecule has 1 aromatic rings. The van der Waals surface area contributed by atoms with E-state index in [9.17, 15) is 0 Å². The lowest BCUT2D eigenvalue weighted by Crippen LogP contribution is -2.43. The molecule has 0 saturated carbocycles. The van der Waals surface area contributed by atoms with Crippen molar-refractivity contribution < 1.29 is 9.47 Å². The van der Waals surface area contributed by atoms with Crippen LogP contribution in [0.25, 0.3) is 0 Å². The molecule has 0 amide bonds. The highest BCUT2D eigenvalue weighted by Crippen LogP contribution is 2.33.